The first-order valence-electron chi connectivity index (χ1n) is 7.54. The number of ether oxygens (including phenoxy) is 2. The highest BCUT2D eigenvalue weighted by Crippen LogP contribution is 2.29. The molecule has 0 aliphatic carbocycles. The molecule has 0 spiro atoms. The van der Waals surface area contributed by atoms with Crippen LogP contribution in [0.15, 0.2) is 48.5 Å². The molecule has 0 saturated heterocycles. The zero-order valence-corrected chi connectivity index (χ0v) is 14.0. The molecule has 0 bridgehead atoms. The van der Waals surface area contributed by atoms with Crippen molar-refractivity contribution < 1.29 is 32.2 Å². The Bertz CT molecular complexity index is 771. The van der Waals surface area contributed by atoms with Gasteiger partial charge in [-0.3, -0.25) is 4.79 Å². The van der Waals surface area contributed by atoms with E-state index in [1.54, 1.807) is 24.3 Å². The number of hydrogen-bond donors (Lipinski definition) is 1. The molecular weight excluding hydrogens is 351 g/mol. The van der Waals surface area contributed by atoms with Crippen LogP contribution in [0, 0.1) is 0 Å². The number of amides is 1. The van der Waals surface area contributed by atoms with E-state index in [9.17, 15) is 22.8 Å². The molecule has 2 rings (SSSR count). The summed E-state index contributed by atoms with van der Waals surface area (Å²) in [7, 11) is 1.51. The minimum atomic E-state index is -4.49. The lowest BCUT2D eigenvalue weighted by molar-refractivity contribution is -0.137. The SMILES string of the molecule is COc1ccc(NC(=O)C(C)OC(=O)c2ccc(C(F)(F)F)cc2)cc1. The maximum Gasteiger partial charge on any atom is 0.416 e. The van der Waals surface area contributed by atoms with E-state index in [2.05, 4.69) is 5.32 Å². The van der Waals surface area contributed by atoms with Gasteiger partial charge < -0.3 is 14.8 Å². The van der Waals surface area contributed by atoms with E-state index in [1.807, 2.05) is 0 Å². The quantitative estimate of drug-likeness (QED) is 0.814. The summed E-state index contributed by atoms with van der Waals surface area (Å²) in [6.45, 7) is 1.36. The van der Waals surface area contributed by atoms with Gasteiger partial charge in [0.2, 0.25) is 0 Å². The minimum absolute atomic E-state index is 0.0814. The number of halogens is 3. The largest absolute Gasteiger partial charge is 0.497 e. The van der Waals surface area contributed by atoms with Gasteiger partial charge >= 0.3 is 12.1 Å². The van der Waals surface area contributed by atoms with Gasteiger partial charge in [-0.25, -0.2) is 4.79 Å². The Balaban J connectivity index is 1.95. The monoisotopic (exact) mass is 367 g/mol. The Morgan fingerprint density at radius 1 is 1.00 bits per heavy atom. The highest BCUT2D eigenvalue weighted by Gasteiger charge is 2.30. The van der Waals surface area contributed by atoms with Gasteiger partial charge in [0, 0.05) is 5.69 Å². The first kappa shape index (κ1) is 19.3. The fourth-order valence-corrected chi connectivity index (χ4v) is 2.00. The number of anilines is 1. The smallest absolute Gasteiger partial charge is 0.416 e. The molecule has 0 fully saturated rings. The van der Waals surface area contributed by atoms with Crippen molar-refractivity contribution in [3.8, 4) is 5.75 Å². The highest BCUT2D eigenvalue weighted by atomic mass is 19.4. The maximum absolute atomic E-state index is 12.5. The number of hydrogen-bond acceptors (Lipinski definition) is 4. The standard InChI is InChI=1S/C18H16F3NO4/c1-11(16(23)22-14-7-9-15(25-2)10-8-14)26-17(24)12-3-5-13(6-4-12)18(19,20)21/h3-11H,1-2H3,(H,22,23). The number of esters is 1. The summed E-state index contributed by atoms with van der Waals surface area (Å²) in [5.41, 5.74) is -0.477. The van der Waals surface area contributed by atoms with Gasteiger partial charge in [0.25, 0.3) is 5.91 Å². The van der Waals surface area contributed by atoms with Crippen molar-refractivity contribution in [2.45, 2.75) is 19.2 Å². The van der Waals surface area contributed by atoms with E-state index in [1.165, 1.54) is 14.0 Å². The van der Waals surface area contributed by atoms with Crippen LogP contribution in [0.5, 0.6) is 5.75 Å². The molecule has 0 aromatic heterocycles. The van der Waals surface area contributed by atoms with Crippen LogP contribution < -0.4 is 10.1 Å². The molecule has 138 valence electrons. The van der Waals surface area contributed by atoms with Gasteiger partial charge in [0.1, 0.15) is 5.75 Å². The average Bonchev–Trinajstić information content (AvgIpc) is 2.61. The summed E-state index contributed by atoms with van der Waals surface area (Å²) in [6, 6.07) is 10.1. The topological polar surface area (TPSA) is 64.6 Å². The van der Waals surface area contributed by atoms with Crippen LogP contribution in [-0.2, 0) is 15.7 Å². The molecule has 2 aromatic rings. The first-order valence-corrected chi connectivity index (χ1v) is 7.54. The minimum Gasteiger partial charge on any atom is -0.497 e. The summed E-state index contributed by atoms with van der Waals surface area (Å²) in [5.74, 6) is -0.851. The second kappa shape index (κ2) is 7.90. The molecule has 1 atom stereocenters. The molecule has 26 heavy (non-hydrogen) atoms. The maximum atomic E-state index is 12.5. The summed E-state index contributed by atoms with van der Waals surface area (Å²) in [5, 5.41) is 2.56. The van der Waals surface area contributed by atoms with E-state index < -0.39 is 29.7 Å². The van der Waals surface area contributed by atoms with E-state index in [4.69, 9.17) is 9.47 Å². The molecule has 0 aliphatic rings. The normalized spacial score (nSPS) is 12.2. The molecule has 5 nitrogen and oxygen atoms in total. The molecule has 0 radical (unpaired) electrons. The van der Waals surface area contributed by atoms with Gasteiger partial charge in [0.05, 0.1) is 18.2 Å². The van der Waals surface area contributed by atoms with Crippen LogP contribution >= 0.6 is 0 Å². The van der Waals surface area contributed by atoms with Gasteiger partial charge in [-0.05, 0) is 55.5 Å². The summed E-state index contributed by atoms with van der Waals surface area (Å²) in [6.07, 6.45) is -5.62. The fourth-order valence-electron chi connectivity index (χ4n) is 2.00. The summed E-state index contributed by atoms with van der Waals surface area (Å²) in [4.78, 5) is 24.0. The van der Waals surface area contributed by atoms with E-state index in [-0.39, 0.29) is 5.56 Å². The lowest BCUT2D eigenvalue weighted by atomic mass is 10.1. The number of methoxy groups -OCH3 is 1. The summed E-state index contributed by atoms with van der Waals surface area (Å²) >= 11 is 0. The zero-order valence-electron chi connectivity index (χ0n) is 14.0. The first-order chi connectivity index (χ1) is 12.2. The highest BCUT2D eigenvalue weighted by molar-refractivity contribution is 5.97. The Morgan fingerprint density at radius 2 is 1.58 bits per heavy atom. The Kier molecular flexibility index (Phi) is 5.86. The van der Waals surface area contributed by atoms with Crippen molar-refractivity contribution in [3.05, 3.63) is 59.7 Å². The third-order valence-electron chi connectivity index (χ3n) is 3.46. The van der Waals surface area contributed by atoms with Crippen LogP contribution in [0.25, 0.3) is 0 Å². The lowest BCUT2D eigenvalue weighted by Gasteiger charge is -2.14. The van der Waals surface area contributed by atoms with Crippen molar-refractivity contribution in [2.24, 2.45) is 0 Å². The van der Waals surface area contributed by atoms with Crippen molar-refractivity contribution in [1.29, 1.82) is 0 Å². The van der Waals surface area contributed by atoms with Gasteiger partial charge in [-0.15, -0.1) is 0 Å². The van der Waals surface area contributed by atoms with Gasteiger partial charge in [-0.1, -0.05) is 0 Å². The number of nitrogens with one attached hydrogen (secondary N) is 1. The molecule has 1 amide bonds. The molecule has 2 aromatic carbocycles. The third kappa shape index (κ3) is 4.98. The van der Waals surface area contributed by atoms with Crippen LogP contribution in [-0.4, -0.2) is 25.1 Å². The number of alkyl halides is 3. The average molecular weight is 367 g/mol. The van der Waals surface area contributed by atoms with Gasteiger partial charge in [-0.2, -0.15) is 13.2 Å². The van der Waals surface area contributed by atoms with Crippen LogP contribution in [0.1, 0.15) is 22.8 Å². The third-order valence-corrected chi connectivity index (χ3v) is 3.46. The number of carbonyl (C=O) groups excluding carboxylic acids is 2. The van der Waals surface area contributed by atoms with Crippen molar-refractivity contribution in [2.75, 3.05) is 12.4 Å². The van der Waals surface area contributed by atoms with Crippen LogP contribution in [0.4, 0.5) is 18.9 Å². The second-order valence-corrected chi connectivity index (χ2v) is 5.34. The molecule has 1 N–H and O–H groups in total. The Hall–Kier alpha value is -3.03. The molecule has 0 aliphatic heterocycles. The molecular formula is C18H16F3NO4. The lowest BCUT2D eigenvalue weighted by Crippen LogP contribution is -2.30. The van der Waals surface area contributed by atoms with Gasteiger partial charge in [0.15, 0.2) is 6.10 Å². The van der Waals surface area contributed by atoms with E-state index >= 15 is 0 Å². The molecule has 0 heterocycles. The molecule has 1 unspecified atom stereocenters. The Labute approximate surface area is 147 Å². The predicted octanol–water partition coefficient (Wildman–Crippen LogP) is 3.90. The zero-order chi connectivity index (χ0) is 19.3. The van der Waals surface area contributed by atoms with Crippen molar-refractivity contribution in [1.82, 2.24) is 0 Å². The Morgan fingerprint density at radius 3 is 2.08 bits per heavy atom. The van der Waals surface area contributed by atoms with Crippen LogP contribution in [0.2, 0.25) is 0 Å². The number of carbonyl (C=O) groups is 2. The fraction of sp³-hybridized carbons (Fsp3) is 0.222. The second-order valence-electron chi connectivity index (χ2n) is 5.34. The van der Waals surface area contributed by atoms with E-state index in [0.29, 0.717) is 11.4 Å². The van der Waals surface area contributed by atoms with Crippen molar-refractivity contribution >= 4 is 17.6 Å². The van der Waals surface area contributed by atoms with E-state index in [0.717, 1.165) is 24.3 Å². The summed E-state index contributed by atoms with van der Waals surface area (Å²) < 4.78 is 47.5. The van der Waals surface area contributed by atoms with Crippen LogP contribution in [0.3, 0.4) is 0 Å². The molecule has 0 saturated carbocycles. The number of benzene rings is 2. The predicted molar refractivity (Wildman–Crippen MR) is 87.9 cm³/mol. The van der Waals surface area contributed by atoms with Crippen molar-refractivity contribution in [3.63, 3.8) is 0 Å². The molecule has 8 heteroatoms. The number of rotatable bonds is 5.